The number of carbonyl (C=O) groups is 1. The first-order valence-electron chi connectivity index (χ1n) is 9.54. The first-order chi connectivity index (χ1) is 11.5. The van der Waals surface area contributed by atoms with Gasteiger partial charge in [-0.3, -0.25) is 9.69 Å². The van der Waals surface area contributed by atoms with Crippen molar-refractivity contribution in [1.82, 2.24) is 15.1 Å². The molecule has 3 heterocycles. The third-order valence-corrected chi connectivity index (χ3v) is 5.52. The van der Waals surface area contributed by atoms with Gasteiger partial charge in [0.1, 0.15) is 6.04 Å². The molecule has 4 atom stereocenters. The fourth-order valence-electron chi connectivity index (χ4n) is 4.34. The number of morpholine rings is 2. The van der Waals surface area contributed by atoms with Gasteiger partial charge in [0, 0.05) is 39.3 Å². The molecule has 3 fully saturated rings. The molecule has 3 aliphatic heterocycles. The van der Waals surface area contributed by atoms with Gasteiger partial charge in [0.05, 0.1) is 24.9 Å². The lowest BCUT2D eigenvalue weighted by Crippen LogP contribution is -2.57. The molecule has 0 bridgehead atoms. The largest absolute Gasteiger partial charge is 0.375 e. The second-order valence-corrected chi connectivity index (χ2v) is 7.75. The van der Waals surface area contributed by atoms with E-state index in [2.05, 4.69) is 24.1 Å². The SMILES string of the molecule is CC1CN(CC2CCN(C(=O)[C@H]3NCCO[C@@H]3C)CC2)CC(C)O1.Cl.Cl. The molecule has 3 aliphatic rings. The minimum Gasteiger partial charge on any atom is -0.375 e. The number of nitrogens with one attached hydrogen (secondary N) is 1. The van der Waals surface area contributed by atoms with Crippen LogP contribution in [0.5, 0.6) is 0 Å². The topological polar surface area (TPSA) is 54.0 Å². The fraction of sp³-hybridized carbons (Fsp3) is 0.944. The molecular weight excluding hydrogens is 377 g/mol. The van der Waals surface area contributed by atoms with Crippen molar-refractivity contribution in [3.8, 4) is 0 Å². The van der Waals surface area contributed by atoms with E-state index >= 15 is 0 Å². The van der Waals surface area contributed by atoms with Crippen LogP contribution in [-0.4, -0.2) is 85.9 Å². The first-order valence-corrected chi connectivity index (χ1v) is 9.54. The summed E-state index contributed by atoms with van der Waals surface area (Å²) in [6, 6.07) is -0.170. The van der Waals surface area contributed by atoms with Gasteiger partial charge in [-0.15, -0.1) is 24.8 Å². The average Bonchev–Trinajstić information content (AvgIpc) is 2.54. The Kier molecular flexibility index (Phi) is 10.1. The highest BCUT2D eigenvalue weighted by Crippen LogP contribution is 2.22. The summed E-state index contributed by atoms with van der Waals surface area (Å²) in [6.07, 6.45) is 2.84. The van der Waals surface area contributed by atoms with E-state index in [-0.39, 0.29) is 42.9 Å². The Balaban J connectivity index is 0.00000169. The number of rotatable bonds is 3. The molecule has 0 aromatic heterocycles. The molecule has 154 valence electrons. The lowest BCUT2D eigenvalue weighted by molar-refractivity contribution is -0.141. The highest BCUT2D eigenvalue weighted by Gasteiger charge is 2.34. The van der Waals surface area contributed by atoms with Crippen molar-refractivity contribution >= 4 is 30.7 Å². The van der Waals surface area contributed by atoms with Crippen LogP contribution in [0.3, 0.4) is 0 Å². The zero-order valence-electron chi connectivity index (χ0n) is 16.2. The van der Waals surface area contributed by atoms with E-state index in [0.717, 1.165) is 52.1 Å². The van der Waals surface area contributed by atoms with Crippen LogP contribution in [0, 0.1) is 5.92 Å². The Morgan fingerprint density at radius 1 is 1.08 bits per heavy atom. The molecular formula is C18H35Cl2N3O3. The van der Waals surface area contributed by atoms with Gasteiger partial charge in [-0.25, -0.2) is 0 Å². The van der Waals surface area contributed by atoms with Gasteiger partial charge in [-0.1, -0.05) is 0 Å². The molecule has 3 saturated heterocycles. The third kappa shape index (κ3) is 6.21. The zero-order chi connectivity index (χ0) is 17.1. The number of likely N-dealkylation sites (tertiary alicyclic amines) is 1. The Morgan fingerprint density at radius 3 is 2.27 bits per heavy atom. The summed E-state index contributed by atoms with van der Waals surface area (Å²) in [5.74, 6) is 0.911. The van der Waals surface area contributed by atoms with Gasteiger partial charge in [0.2, 0.25) is 5.91 Å². The maximum Gasteiger partial charge on any atom is 0.242 e. The molecule has 0 aliphatic carbocycles. The second-order valence-electron chi connectivity index (χ2n) is 7.75. The van der Waals surface area contributed by atoms with Crippen LogP contribution in [-0.2, 0) is 14.3 Å². The Hall–Kier alpha value is -0.110. The van der Waals surface area contributed by atoms with Crippen LogP contribution >= 0.6 is 24.8 Å². The summed E-state index contributed by atoms with van der Waals surface area (Å²) in [5.41, 5.74) is 0. The van der Waals surface area contributed by atoms with Crippen molar-refractivity contribution in [2.75, 3.05) is 45.9 Å². The van der Waals surface area contributed by atoms with Crippen LogP contribution in [0.2, 0.25) is 0 Å². The molecule has 1 amide bonds. The number of carbonyl (C=O) groups excluding carboxylic acids is 1. The number of hydrogen-bond acceptors (Lipinski definition) is 5. The van der Waals surface area contributed by atoms with Crippen molar-refractivity contribution in [3.05, 3.63) is 0 Å². The summed E-state index contributed by atoms with van der Waals surface area (Å²) in [7, 11) is 0. The van der Waals surface area contributed by atoms with E-state index in [9.17, 15) is 4.79 Å². The number of ether oxygens (including phenoxy) is 2. The van der Waals surface area contributed by atoms with Gasteiger partial charge >= 0.3 is 0 Å². The van der Waals surface area contributed by atoms with Crippen molar-refractivity contribution < 1.29 is 14.3 Å². The smallest absolute Gasteiger partial charge is 0.242 e. The summed E-state index contributed by atoms with van der Waals surface area (Å²) in [5, 5.41) is 3.31. The minimum absolute atomic E-state index is 0. The van der Waals surface area contributed by atoms with E-state index in [1.165, 1.54) is 0 Å². The van der Waals surface area contributed by atoms with E-state index < -0.39 is 0 Å². The molecule has 0 aromatic carbocycles. The molecule has 1 N–H and O–H groups in total. The molecule has 8 heteroatoms. The van der Waals surface area contributed by atoms with Gasteiger partial charge in [-0.05, 0) is 39.5 Å². The van der Waals surface area contributed by atoms with Gasteiger partial charge < -0.3 is 19.7 Å². The van der Waals surface area contributed by atoms with Crippen LogP contribution in [0.25, 0.3) is 0 Å². The van der Waals surface area contributed by atoms with Crippen molar-refractivity contribution in [3.63, 3.8) is 0 Å². The summed E-state index contributed by atoms with van der Waals surface area (Å²) >= 11 is 0. The van der Waals surface area contributed by atoms with E-state index in [0.29, 0.717) is 24.7 Å². The summed E-state index contributed by atoms with van der Waals surface area (Å²) in [6.45, 7) is 12.7. The quantitative estimate of drug-likeness (QED) is 0.763. The third-order valence-electron chi connectivity index (χ3n) is 5.52. The van der Waals surface area contributed by atoms with Crippen LogP contribution in [0.4, 0.5) is 0 Å². The van der Waals surface area contributed by atoms with Gasteiger partial charge in [-0.2, -0.15) is 0 Å². The molecule has 3 rings (SSSR count). The molecule has 6 nitrogen and oxygen atoms in total. The Labute approximate surface area is 170 Å². The Morgan fingerprint density at radius 2 is 1.69 bits per heavy atom. The molecule has 26 heavy (non-hydrogen) atoms. The van der Waals surface area contributed by atoms with Crippen LogP contribution in [0.1, 0.15) is 33.6 Å². The predicted molar refractivity (Wildman–Crippen MR) is 107 cm³/mol. The lowest BCUT2D eigenvalue weighted by atomic mass is 9.94. The second kappa shape index (κ2) is 11.0. The highest BCUT2D eigenvalue weighted by atomic mass is 35.5. The first kappa shape index (κ1) is 23.9. The normalized spacial score (nSPS) is 33.9. The minimum atomic E-state index is -0.170. The number of piperidine rings is 1. The van der Waals surface area contributed by atoms with Gasteiger partial charge in [0.15, 0.2) is 0 Å². The average molecular weight is 412 g/mol. The predicted octanol–water partition coefficient (Wildman–Crippen LogP) is 1.55. The Bertz CT molecular complexity index is 426. The number of hydrogen-bond donors (Lipinski definition) is 1. The monoisotopic (exact) mass is 411 g/mol. The number of nitrogens with zero attached hydrogens (tertiary/aromatic N) is 2. The summed E-state index contributed by atoms with van der Waals surface area (Å²) in [4.78, 5) is 17.3. The molecule has 0 spiro atoms. The number of amides is 1. The summed E-state index contributed by atoms with van der Waals surface area (Å²) < 4.78 is 11.4. The van der Waals surface area contributed by atoms with Crippen molar-refractivity contribution in [2.24, 2.45) is 5.92 Å². The van der Waals surface area contributed by atoms with E-state index in [4.69, 9.17) is 9.47 Å². The maximum absolute atomic E-state index is 12.7. The maximum atomic E-state index is 12.7. The number of halogens is 2. The van der Waals surface area contributed by atoms with Gasteiger partial charge in [0.25, 0.3) is 0 Å². The highest BCUT2D eigenvalue weighted by molar-refractivity contribution is 5.85. The molecule has 0 aromatic rings. The van der Waals surface area contributed by atoms with E-state index in [1.807, 2.05) is 11.8 Å². The van der Waals surface area contributed by atoms with Crippen LogP contribution in [0.15, 0.2) is 0 Å². The van der Waals surface area contributed by atoms with Crippen molar-refractivity contribution in [2.45, 2.75) is 58.0 Å². The van der Waals surface area contributed by atoms with Crippen LogP contribution < -0.4 is 5.32 Å². The van der Waals surface area contributed by atoms with Crippen molar-refractivity contribution in [1.29, 1.82) is 0 Å². The fourth-order valence-corrected chi connectivity index (χ4v) is 4.34. The zero-order valence-corrected chi connectivity index (χ0v) is 17.8. The molecule has 0 radical (unpaired) electrons. The molecule has 2 unspecified atom stereocenters. The van der Waals surface area contributed by atoms with E-state index in [1.54, 1.807) is 0 Å². The molecule has 0 saturated carbocycles. The standard InChI is InChI=1S/C18H33N3O3.2ClH/c1-13-10-20(11-14(2)24-13)12-16-4-7-21(8-5-16)18(22)17-15(3)23-9-6-19-17;;/h13-17,19H,4-12H2,1-3H3;2*1H/t13?,14?,15-,17+;;/m1../s1. The lowest BCUT2D eigenvalue weighted by Gasteiger charge is -2.40.